The van der Waals surface area contributed by atoms with Gasteiger partial charge in [-0.15, -0.1) is 0 Å². The molecule has 1 fully saturated rings. The third-order valence-electron chi connectivity index (χ3n) is 4.15. The van der Waals surface area contributed by atoms with E-state index in [2.05, 4.69) is 33.0 Å². The second-order valence-electron chi connectivity index (χ2n) is 6.13. The SMILES string of the molecule is CC(=O)NC1[C@H](C(C)C)OC(COC(C)=O)[C@H](C)[C@@H]1C. The summed E-state index contributed by atoms with van der Waals surface area (Å²) >= 11 is 0. The lowest BCUT2D eigenvalue weighted by Crippen LogP contribution is -2.59. The molecule has 5 heteroatoms. The number of rotatable bonds is 4. The molecule has 5 nitrogen and oxygen atoms in total. The third-order valence-corrected chi connectivity index (χ3v) is 4.15. The molecule has 0 aliphatic carbocycles. The number of hydrogen-bond donors (Lipinski definition) is 1. The van der Waals surface area contributed by atoms with Crippen LogP contribution in [-0.2, 0) is 19.1 Å². The topological polar surface area (TPSA) is 64.6 Å². The van der Waals surface area contributed by atoms with Crippen LogP contribution in [0.5, 0.6) is 0 Å². The Morgan fingerprint density at radius 3 is 2.25 bits per heavy atom. The molecule has 0 aromatic heterocycles. The van der Waals surface area contributed by atoms with Gasteiger partial charge in [-0.05, 0) is 17.8 Å². The highest BCUT2D eigenvalue weighted by Gasteiger charge is 2.43. The summed E-state index contributed by atoms with van der Waals surface area (Å²) in [6.07, 6.45) is -0.183. The summed E-state index contributed by atoms with van der Waals surface area (Å²) in [5.41, 5.74) is 0. The Kier molecular flexibility index (Phi) is 5.99. The maximum Gasteiger partial charge on any atom is 0.302 e. The van der Waals surface area contributed by atoms with E-state index >= 15 is 0 Å². The van der Waals surface area contributed by atoms with Gasteiger partial charge in [-0.1, -0.05) is 27.7 Å². The monoisotopic (exact) mass is 285 g/mol. The molecule has 116 valence electrons. The normalized spacial score (nSPS) is 33.9. The van der Waals surface area contributed by atoms with Gasteiger partial charge in [-0.25, -0.2) is 0 Å². The molecule has 1 aliphatic rings. The fraction of sp³-hybridized carbons (Fsp3) is 0.867. The van der Waals surface area contributed by atoms with Crippen LogP contribution in [0.3, 0.4) is 0 Å². The first kappa shape index (κ1) is 17.0. The fourth-order valence-corrected chi connectivity index (χ4v) is 2.79. The zero-order valence-corrected chi connectivity index (χ0v) is 13.3. The fourth-order valence-electron chi connectivity index (χ4n) is 2.79. The van der Waals surface area contributed by atoms with E-state index in [1.165, 1.54) is 13.8 Å². The van der Waals surface area contributed by atoms with Gasteiger partial charge < -0.3 is 14.8 Å². The lowest BCUT2D eigenvalue weighted by atomic mass is 9.77. The maximum atomic E-state index is 11.4. The quantitative estimate of drug-likeness (QED) is 0.799. The number of nitrogens with one attached hydrogen (secondary N) is 1. The summed E-state index contributed by atoms with van der Waals surface area (Å²) in [7, 11) is 0. The number of ether oxygens (including phenoxy) is 2. The lowest BCUT2D eigenvalue weighted by Gasteiger charge is -2.46. The highest BCUT2D eigenvalue weighted by atomic mass is 16.6. The standard InChI is InChI=1S/C15H27NO4/c1-8(2)15-14(16-11(5)17)10(4)9(3)13(20-15)7-19-12(6)18/h8-10,13-15H,7H2,1-6H3,(H,16,17)/t9-,10+,13?,14?,15+/m1/s1. The summed E-state index contributed by atoms with van der Waals surface area (Å²) in [6.45, 7) is 11.5. The Balaban J connectivity index is 2.82. The molecule has 0 bridgehead atoms. The van der Waals surface area contributed by atoms with E-state index in [0.717, 1.165) is 0 Å². The summed E-state index contributed by atoms with van der Waals surface area (Å²) in [5.74, 6) is 0.420. The lowest BCUT2D eigenvalue weighted by molar-refractivity contribution is -0.171. The number of amides is 1. The zero-order chi connectivity index (χ0) is 15.4. The minimum atomic E-state index is -0.293. The van der Waals surface area contributed by atoms with Crippen LogP contribution in [0.2, 0.25) is 0 Å². The van der Waals surface area contributed by atoms with Crippen molar-refractivity contribution in [1.82, 2.24) is 5.32 Å². The predicted molar refractivity (Wildman–Crippen MR) is 76.1 cm³/mol. The van der Waals surface area contributed by atoms with Crippen LogP contribution in [0.1, 0.15) is 41.5 Å². The van der Waals surface area contributed by atoms with Gasteiger partial charge in [-0.2, -0.15) is 0 Å². The Bertz CT molecular complexity index is 354. The van der Waals surface area contributed by atoms with Gasteiger partial charge in [0.05, 0.1) is 18.2 Å². The first-order valence-corrected chi connectivity index (χ1v) is 7.30. The molecule has 1 saturated heterocycles. The van der Waals surface area contributed by atoms with Gasteiger partial charge in [0.15, 0.2) is 0 Å². The Morgan fingerprint density at radius 2 is 1.80 bits per heavy atom. The molecule has 20 heavy (non-hydrogen) atoms. The van der Waals surface area contributed by atoms with E-state index in [1.807, 2.05) is 0 Å². The number of hydrogen-bond acceptors (Lipinski definition) is 4. The summed E-state index contributed by atoms with van der Waals surface area (Å²) in [4.78, 5) is 22.4. The van der Waals surface area contributed by atoms with Crippen LogP contribution in [0.4, 0.5) is 0 Å². The molecule has 0 spiro atoms. The van der Waals surface area contributed by atoms with E-state index in [1.54, 1.807) is 0 Å². The van der Waals surface area contributed by atoms with Gasteiger partial charge >= 0.3 is 5.97 Å². The molecule has 1 heterocycles. The smallest absolute Gasteiger partial charge is 0.302 e. The summed E-state index contributed by atoms with van der Waals surface area (Å²) in [6, 6.07) is -0.00363. The van der Waals surface area contributed by atoms with Crippen molar-refractivity contribution in [2.45, 2.75) is 59.8 Å². The van der Waals surface area contributed by atoms with Crippen molar-refractivity contribution in [3.63, 3.8) is 0 Å². The minimum Gasteiger partial charge on any atom is -0.463 e. The molecule has 2 unspecified atom stereocenters. The van der Waals surface area contributed by atoms with Crippen LogP contribution in [-0.4, -0.2) is 36.7 Å². The van der Waals surface area contributed by atoms with Crippen molar-refractivity contribution in [1.29, 1.82) is 0 Å². The van der Waals surface area contributed by atoms with Crippen LogP contribution in [0, 0.1) is 17.8 Å². The molecule has 1 amide bonds. The molecule has 0 radical (unpaired) electrons. The average Bonchev–Trinajstić information content (AvgIpc) is 2.33. The highest BCUT2D eigenvalue weighted by Crippen LogP contribution is 2.33. The maximum absolute atomic E-state index is 11.4. The average molecular weight is 285 g/mol. The zero-order valence-electron chi connectivity index (χ0n) is 13.3. The molecule has 5 atom stereocenters. The van der Waals surface area contributed by atoms with Crippen molar-refractivity contribution < 1.29 is 19.1 Å². The van der Waals surface area contributed by atoms with Gasteiger partial charge in [0.1, 0.15) is 6.61 Å². The van der Waals surface area contributed by atoms with Crippen molar-refractivity contribution >= 4 is 11.9 Å². The van der Waals surface area contributed by atoms with E-state index in [0.29, 0.717) is 0 Å². The predicted octanol–water partition coefficient (Wildman–Crippen LogP) is 1.75. The van der Waals surface area contributed by atoms with E-state index in [9.17, 15) is 9.59 Å². The van der Waals surface area contributed by atoms with Gasteiger partial charge in [-0.3, -0.25) is 9.59 Å². The van der Waals surface area contributed by atoms with Crippen molar-refractivity contribution in [3.8, 4) is 0 Å². The molecule has 0 aromatic carbocycles. The van der Waals surface area contributed by atoms with Gasteiger partial charge in [0.2, 0.25) is 5.91 Å². The van der Waals surface area contributed by atoms with Crippen LogP contribution in [0.25, 0.3) is 0 Å². The number of esters is 1. The number of carbonyl (C=O) groups excluding carboxylic acids is 2. The van der Waals surface area contributed by atoms with Crippen molar-refractivity contribution in [2.24, 2.45) is 17.8 Å². The third kappa shape index (κ3) is 4.20. The molecule has 0 saturated carbocycles. The minimum absolute atomic E-state index is 0.00363. The van der Waals surface area contributed by atoms with Gasteiger partial charge in [0.25, 0.3) is 0 Å². The molecule has 0 aromatic rings. The number of carbonyl (C=O) groups is 2. The van der Waals surface area contributed by atoms with Crippen molar-refractivity contribution in [2.75, 3.05) is 6.61 Å². The second kappa shape index (κ2) is 7.07. The van der Waals surface area contributed by atoms with E-state index in [-0.39, 0.29) is 54.5 Å². The Morgan fingerprint density at radius 1 is 1.20 bits per heavy atom. The first-order chi connectivity index (χ1) is 9.23. The molecule has 1 rings (SSSR count). The molecular formula is C15H27NO4. The Labute approximate surface area is 121 Å². The highest BCUT2D eigenvalue weighted by molar-refractivity contribution is 5.73. The van der Waals surface area contributed by atoms with E-state index < -0.39 is 0 Å². The molecular weight excluding hydrogens is 258 g/mol. The van der Waals surface area contributed by atoms with Gasteiger partial charge in [0, 0.05) is 13.8 Å². The molecule has 1 aliphatic heterocycles. The largest absolute Gasteiger partial charge is 0.463 e. The second-order valence-corrected chi connectivity index (χ2v) is 6.13. The summed E-state index contributed by atoms with van der Waals surface area (Å²) < 4.78 is 11.2. The van der Waals surface area contributed by atoms with Crippen LogP contribution >= 0.6 is 0 Å². The van der Waals surface area contributed by atoms with Crippen LogP contribution < -0.4 is 5.32 Å². The van der Waals surface area contributed by atoms with E-state index in [4.69, 9.17) is 9.47 Å². The Hall–Kier alpha value is -1.10. The molecule has 1 N–H and O–H groups in total. The summed E-state index contributed by atoms with van der Waals surface area (Å²) in [5, 5.41) is 3.01. The van der Waals surface area contributed by atoms with Crippen molar-refractivity contribution in [3.05, 3.63) is 0 Å². The van der Waals surface area contributed by atoms with Crippen LogP contribution in [0.15, 0.2) is 0 Å². The first-order valence-electron chi connectivity index (χ1n) is 7.30.